The summed E-state index contributed by atoms with van der Waals surface area (Å²) >= 11 is 0. The molecule has 4 amide bonds. The molecule has 2 aliphatic rings. The zero-order valence-electron chi connectivity index (χ0n) is 16.3. The van der Waals surface area contributed by atoms with Crippen molar-refractivity contribution in [1.82, 2.24) is 15.5 Å². The van der Waals surface area contributed by atoms with Crippen molar-refractivity contribution in [3.8, 4) is 11.5 Å². The van der Waals surface area contributed by atoms with Crippen molar-refractivity contribution in [3.63, 3.8) is 0 Å². The van der Waals surface area contributed by atoms with E-state index in [-0.39, 0.29) is 12.5 Å². The van der Waals surface area contributed by atoms with E-state index in [1.54, 1.807) is 48.2 Å². The normalized spacial score (nSPS) is 21.2. The lowest BCUT2D eigenvalue weighted by molar-refractivity contribution is -0.131. The highest BCUT2D eigenvalue weighted by Crippen LogP contribution is 2.30. The summed E-state index contributed by atoms with van der Waals surface area (Å²) in [7, 11) is 0. The number of ether oxygens (including phenoxy) is 1. The van der Waals surface area contributed by atoms with E-state index in [1.807, 2.05) is 6.08 Å². The van der Waals surface area contributed by atoms with E-state index in [4.69, 9.17) is 4.74 Å². The van der Waals surface area contributed by atoms with Crippen molar-refractivity contribution in [2.75, 3.05) is 13.1 Å². The second kappa shape index (κ2) is 7.62. The lowest BCUT2D eigenvalue weighted by Crippen LogP contribution is -2.54. The third-order valence-electron chi connectivity index (χ3n) is 5.22. The van der Waals surface area contributed by atoms with Gasteiger partial charge >= 0.3 is 6.03 Å². The molecule has 2 aromatic rings. The number of benzene rings is 2. The Morgan fingerprint density at radius 1 is 1.10 bits per heavy atom. The van der Waals surface area contributed by atoms with Crippen LogP contribution in [-0.4, -0.2) is 35.8 Å². The van der Waals surface area contributed by atoms with E-state index < -0.39 is 23.3 Å². The van der Waals surface area contributed by atoms with Crippen molar-refractivity contribution in [1.29, 1.82) is 0 Å². The van der Waals surface area contributed by atoms with Crippen molar-refractivity contribution in [3.05, 3.63) is 71.6 Å². The number of rotatable bonds is 5. The monoisotopic (exact) mass is 409 g/mol. The lowest BCUT2D eigenvalue weighted by Gasteiger charge is -2.35. The molecule has 1 atom stereocenters. The van der Waals surface area contributed by atoms with E-state index in [0.717, 1.165) is 0 Å². The van der Waals surface area contributed by atoms with Crippen LogP contribution < -0.4 is 15.4 Å². The summed E-state index contributed by atoms with van der Waals surface area (Å²) in [5.74, 6) is -0.321. The highest BCUT2D eigenvalue weighted by atomic mass is 19.1. The third kappa shape index (κ3) is 3.63. The maximum Gasteiger partial charge on any atom is 0.322 e. The third-order valence-corrected chi connectivity index (χ3v) is 5.22. The first-order valence-corrected chi connectivity index (χ1v) is 9.51. The number of carbonyl (C=O) groups is 3. The zero-order valence-corrected chi connectivity index (χ0v) is 16.3. The molecule has 8 heteroatoms. The van der Waals surface area contributed by atoms with Crippen molar-refractivity contribution < 1.29 is 23.5 Å². The molecule has 2 N–H and O–H groups in total. The number of hydrogen-bond acceptors (Lipinski definition) is 4. The first-order valence-electron chi connectivity index (χ1n) is 9.51. The maximum atomic E-state index is 13.3. The second-order valence-corrected chi connectivity index (χ2v) is 7.30. The van der Waals surface area contributed by atoms with E-state index in [2.05, 4.69) is 10.6 Å². The molecule has 30 heavy (non-hydrogen) atoms. The molecule has 154 valence electrons. The molecule has 0 aromatic heterocycles. The quantitative estimate of drug-likeness (QED) is 0.744. The van der Waals surface area contributed by atoms with Gasteiger partial charge in [0.15, 0.2) is 5.54 Å². The van der Waals surface area contributed by atoms with Gasteiger partial charge in [0.2, 0.25) is 5.91 Å². The number of carbonyl (C=O) groups excluding carboxylic acids is 3. The number of amides is 4. The summed E-state index contributed by atoms with van der Waals surface area (Å²) in [5.41, 5.74) is -0.278. The topological polar surface area (TPSA) is 87.7 Å². The molecule has 0 saturated carbocycles. The van der Waals surface area contributed by atoms with Gasteiger partial charge in [-0.2, -0.15) is 0 Å². The minimum Gasteiger partial charge on any atom is -0.457 e. The molecule has 0 spiro atoms. The summed E-state index contributed by atoms with van der Waals surface area (Å²) in [6.45, 7) is 2.20. The van der Waals surface area contributed by atoms with Gasteiger partial charge in [0.05, 0.1) is 6.54 Å². The average molecular weight is 409 g/mol. The number of urea groups is 1. The van der Waals surface area contributed by atoms with E-state index in [9.17, 15) is 18.8 Å². The molecule has 1 unspecified atom stereocenters. The second-order valence-electron chi connectivity index (χ2n) is 7.30. The molecule has 0 radical (unpaired) electrons. The SMILES string of the molecule is CC1=CCCN(CC2(c3ccc(Oc4cccc(F)c4)cc3)NC(=O)NC2=O)C1=O. The first kappa shape index (κ1) is 19.6. The summed E-state index contributed by atoms with van der Waals surface area (Å²) in [4.78, 5) is 38.8. The Morgan fingerprint density at radius 2 is 1.87 bits per heavy atom. The molecular formula is C22H20FN3O4. The number of nitrogens with one attached hydrogen (secondary N) is 2. The zero-order chi connectivity index (χ0) is 21.3. The van der Waals surface area contributed by atoms with Gasteiger partial charge in [0.1, 0.15) is 17.3 Å². The largest absolute Gasteiger partial charge is 0.457 e. The summed E-state index contributed by atoms with van der Waals surface area (Å²) in [5, 5.41) is 4.96. The molecule has 2 heterocycles. The molecule has 1 saturated heterocycles. The molecule has 2 aromatic carbocycles. The molecule has 4 rings (SSSR count). The van der Waals surface area contributed by atoms with Gasteiger partial charge in [-0.1, -0.05) is 24.3 Å². The number of halogens is 1. The van der Waals surface area contributed by atoms with Crippen molar-refractivity contribution in [2.24, 2.45) is 0 Å². The van der Waals surface area contributed by atoms with Crippen LogP contribution in [-0.2, 0) is 15.1 Å². The van der Waals surface area contributed by atoms with E-state index in [0.29, 0.717) is 35.6 Å². The highest BCUT2D eigenvalue weighted by molar-refractivity contribution is 6.08. The van der Waals surface area contributed by atoms with Crippen LogP contribution in [0.5, 0.6) is 11.5 Å². The van der Waals surface area contributed by atoms with E-state index in [1.165, 1.54) is 12.1 Å². The fourth-order valence-corrected chi connectivity index (χ4v) is 3.68. The Morgan fingerprint density at radius 3 is 2.53 bits per heavy atom. The lowest BCUT2D eigenvalue weighted by atomic mass is 9.88. The molecule has 2 aliphatic heterocycles. The summed E-state index contributed by atoms with van der Waals surface area (Å²) < 4.78 is 19.0. The summed E-state index contributed by atoms with van der Waals surface area (Å²) in [6, 6.07) is 11.7. The van der Waals surface area contributed by atoms with Crippen molar-refractivity contribution in [2.45, 2.75) is 18.9 Å². The number of hydrogen-bond donors (Lipinski definition) is 2. The van der Waals surface area contributed by atoms with Crippen LogP contribution in [0.15, 0.2) is 60.2 Å². The van der Waals surface area contributed by atoms with Crippen LogP contribution in [0, 0.1) is 5.82 Å². The molecule has 0 aliphatic carbocycles. The van der Waals surface area contributed by atoms with Gasteiger partial charge in [0, 0.05) is 18.2 Å². The number of nitrogens with zero attached hydrogens (tertiary/aromatic N) is 1. The summed E-state index contributed by atoms with van der Waals surface area (Å²) in [6.07, 6.45) is 2.54. The maximum absolute atomic E-state index is 13.3. The Hall–Kier alpha value is -3.68. The highest BCUT2D eigenvalue weighted by Gasteiger charge is 2.49. The minimum atomic E-state index is -1.40. The van der Waals surface area contributed by atoms with Crippen LogP contribution in [0.3, 0.4) is 0 Å². The predicted octanol–water partition coefficient (Wildman–Crippen LogP) is 2.83. The number of imide groups is 1. The average Bonchev–Trinajstić information content (AvgIpc) is 3.00. The fourth-order valence-electron chi connectivity index (χ4n) is 3.68. The van der Waals surface area contributed by atoms with Gasteiger partial charge in [-0.3, -0.25) is 14.9 Å². The Balaban J connectivity index is 1.62. The van der Waals surface area contributed by atoms with Gasteiger partial charge in [-0.25, -0.2) is 9.18 Å². The molecule has 1 fully saturated rings. The smallest absolute Gasteiger partial charge is 0.322 e. The molecule has 7 nitrogen and oxygen atoms in total. The first-order chi connectivity index (χ1) is 14.4. The van der Waals surface area contributed by atoms with Gasteiger partial charge in [-0.05, 0) is 43.2 Å². The predicted molar refractivity (Wildman–Crippen MR) is 106 cm³/mol. The Bertz CT molecular complexity index is 1050. The van der Waals surface area contributed by atoms with Crippen LogP contribution in [0.2, 0.25) is 0 Å². The van der Waals surface area contributed by atoms with Gasteiger partial charge in [0.25, 0.3) is 5.91 Å². The Labute approximate surface area is 172 Å². The van der Waals surface area contributed by atoms with Gasteiger partial charge in [-0.15, -0.1) is 0 Å². The standard InChI is InChI=1S/C22H20FN3O4/c1-14-4-3-11-26(19(14)27)13-22(20(28)24-21(29)25-22)15-7-9-17(10-8-15)30-18-6-2-5-16(23)12-18/h2,4-10,12H,3,11,13H2,1H3,(H2,24,25,28,29). The fraction of sp³-hybridized carbons (Fsp3) is 0.227. The molecular weight excluding hydrogens is 389 g/mol. The minimum absolute atomic E-state index is 0.0126. The molecule has 0 bridgehead atoms. The van der Waals surface area contributed by atoms with Crippen LogP contribution in [0.25, 0.3) is 0 Å². The van der Waals surface area contributed by atoms with Crippen LogP contribution in [0.1, 0.15) is 18.9 Å². The van der Waals surface area contributed by atoms with Gasteiger partial charge < -0.3 is 15.0 Å². The van der Waals surface area contributed by atoms with Crippen LogP contribution in [0.4, 0.5) is 9.18 Å². The Kier molecular flexibility index (Phi) is 4.99. The van der Waals surface area contributed by atoms with Crippen LogP contribution >= 0.6 is 0 Å². The van der Waals surface area contributed by atoms with Crippen molar-refractivity contribution >= 4 is 17.8 Å². The van der Waals surface area contributed by atoms with E-state index >= 15 is 0 Å².